The monoisotopic (exact) mass is 246 g/mol. The van der Waals surface area contributed by atoms with Gasteiger partial charge in [0.05, 0.1) is 0 Å². The van der Waals surface area contributed by atoms with E-state index in [0.717, 1.165) is 32.5 Å². The van der Waals surface area contributed by atoms with E-state index in [1.165, 1.54) is 16.8 Å². The summed E-state index contributed by atoms with van der Waals surface area (Å²) in [6.45, 7) is 6.81. The third kappa shape index (κ3) is 3.03. The highest BCUT2D eigenvalue weighted by Crippen LogP contribution is 2.19. The molecule has 0 unspecified atom stereocenters. The third-order valence-electron chi connectivity index (χ3n) is 3.58. The van der Waals surface area contributed by atoms with Crippen molar-refractivity contribution >= 4 is 11.6 Å². The van der Waals surface area contributed by atoms with Gasteiger partial charge in [-0.1, -0.05) is 18.2 Å². The molecule has 3 heteroatoms. The molecule has 3 nitrogen and oxygen atoms in total. The van der Waals surface area contributed by atoms with E-state index >= 15 is 0 Å². The summed E-state index contributed by atoms with van der Waals surface area (Å²) in [4.78, 5) is 13.9. The van der Waals surface area contributed by atoms with Crippen LogP contribution in [0.15, 0.2) is 18.2 Å². The number of hydrogen-bond donors (Lipinski definition) is 1. The molecule has 1 aliphatic rings. The zero-order valence-electron chi connectivity index (χ0n) is 11.3. The van der Waals surface area contributed by atoms with Crippen molar-refractivity contribution < 1.29 is 4.79 Å². The van der Waals surface area contributed by atoms with Crippen LogP contribution in [0.1, 0.15) is 30.4 Å². The number of aryl methyl sites for hydroxylation is 2. The van der Waals surface area contributed by atoms with Crippen molar-refractivity contribution in [2.45, 2.75) is 33.1 Å². The molecule has 0 atom stereocenters. The van der Waals surface area contributed by atoms with Gasteiger partial charge >= 0.3 is 0 Å². The van der Waals surface area contributed by atoms with Crippen LogP contribution in [-0.2, 0) is 4.79 Å². The van der Waals surface area contributed by atoms with Gasteiger partial charge in [0.1, 0.15) is 0 Å². The number of hydrogen-bond acceptors (Lipinski definition) is 2. The number of benzene rings is 1. The Kier molecular flexibility index (Phi) is 4.24. The lowest BCUT2D eigenvalue weighted by Crippen LogP contribution is -2.29. The minimum Gasteiger partial charge on any atom is -0.384 e. The van der Waals surface area contributed by atoms with Gasteiger partial charge in [-0.25, -0.2) is 0 Å². The maximum absolute atomic E-state index is 11.9. The van der Waals surface area contributed by atoms with Crippen molar-refractivity contribution in [2.75, 3.05) is 25.0 Å². The van der Waals surface area contributed by atoms with Gasteiger partial charge in [-0.2, -0.15) is 0 Å². The first kappa shape index (κ1) is 12.9. The number of likely N-dealkylation sites (tertiary alicyclic amines) is 1. The van der Waals surface area contributed by atoms with Gasteiger partial charge in [-0.15, -0.1) is 0 Å². The van der Waals surface area contributed by atoms with Crippen molar-refractivity contribution in [1.82, 2.24) is 4.90 Å². The number of para-hydroxylation sites is 1. The van der Waals surface area contributed by atoms with E-state index in [4.69, 9.17) is 0 Å². The normalized spacial score (nSPS) is 14.9. The highest BCUT2D eigenvalue weighted by atomic mass is 16.2. The van der Waals surface area contributed by atoms with Crippen LogP contribution < -0.4 is 5.32 Å². The lowest BCUT2D eigenvalue weighted by Gasteiger charge is -2.16. The Morgan fingerprint density at radius 2 is 1.83 bits per heavy atom. The van der Waals surface area contributed by atoms with E-state index in [2.05, 4.69) is 37.4 Å². The Labute approximate surface area is 109 Å². The molecule has 0 radical (unpaired) electrons. The molecule has 1 heterocycles. The summed E-state index contributed by atoms with van der Waals surface area (Å²) in [5, 5.41) is 3.39. The van der Waals surface area contributed by atoms with Gasteiger partial charge in [0.25, 0.3) is 0 Å². The van der Waals surface area contributed by atoms with Crippen molar-refractivity contribution in [3.63, 3.8) is 0 Å². The van der Waals surface area contributed by atoms with Crippen LogP contribution in [-0.4, -0.2) is 30.4 Å². The minimum absolute atomic E-state index is 0.284. The van der Waals surface area contributed by atoms with Gasteiger partial charge in [-0.3, -0.25) is 4.79 Å². The van der Waals surface area contributed by atoms with Crippen LogP contribution >= 0.6 is 0 Å². The second-order valence-electron chi connectivity index (χ2n) is 5.03. The highest BCUT2D eigenvalue weighted by molar-refractivity contribution is 5.77. The molecular weight excluding hydrogens is 224 g/mol. The Hall–Kier alpha value is -1.51. The summed E-state index contributed by atoms with van der Waals surface area (Å²) in [5.41, 5.74) is 3.65. The van der Waals surface area contributed by atoms with Crippen LogP contribution in [0.5, 0.6) is 0 Å². The van der Waals surface area contributed by atoms with E-state index in [-0.39, 0.29) is 5.91 Å². The molecule has 18 heavy (non-hydrogen) atoms. The standard InChI is InChI=1S/C15H22N2O/c1-12-6-5-7-13(2)15(12)16-9-8-14(18)17-10-3-4-11-17/h5-7,16H,3-4,8-11H2,1-2H3. The molecule has 1 aliphatic heterocycles. The fourth-order valence-electron chi connectivity index (χ4n) is 2.51. The second kappa shape index (κ2) is 5.89. The quantitative estimate of drug-likeness (QED) is 0.886. The lowest BCUT2D eigenvalue weighted by molar-refractivity contribution is -0.129. The van der Waals surface area contributed by atoms with Gasteiger partial charge in [0.2, 0.25) is 5.91 Å². The summed E-state index contributed by atoms with van der Waals surface area (Å²) in [5.74, 6) is 0.284. The second-order valence-corrected chi connectivity index (χ2v) is 5.03. The molecule has 0 saturated carbocycles. The van der Waals surface area contributed by atoms with E-state index < -0.39 is 0 Å². The minimum atomic E-state index is 0.284. The lowest BCUT2D eigenvalue weighted by atomic mass is 10.1. The molecule has 98 valence electrons. The highest BCUT2D eigenvalue weighted by Gasteiger charge is 2.17. The first-order valence-corrected chi connectivity index (χ1v) is 6.76. The summed E-state index contributed by atoms with van der Waals surface area (Å²) < 4.78 is 0. The van der Waals surface area contributed by atoms with Crippen LogP contribution in [0.3, 0.4) is 0 Å². The van der Waals surface area contributed by atoms with E-state index in [1.54, 1.807) is 0 Å². The number of carbonyl (C=O) groups excluding carboxylic acids is 1. The van der Waals surface area contributed by atoms with Gasteiger partial charge in [-0.05, 0) is 37.8 Å². The number of amides is 1. The molecule has 1 aromatic carbocycles. The number of nitrogens with one attached hydrogen (secondary N) is 1. The van der Waals surface area contributed by atoms with Crippen molar-refractivity contribution in [3.05, 3.63) is 29.3 Å². The molecule has 1 aromatic rings. The van der Waals surface area contributed by atoms with Crippen molar-refractivity contribution in [1.29, 1.82) is 0 Å². The van der Waals surface area contributed by atoms with Crippen LogP contribution in [0.4, 0.5) is 5.69 Å². The van der Waals surface area contributed by atoms with E-state index in [0.29, 0.717) is 6.42 Å². The van der Waals surface area contributed by atoms with Gasteiger partial charge in [0.15, 0.2) is 0 Å². The number of carbonyl (C=O) groups is 1. The zero-order valence-corrected chi connectivity index (χ0v) is 11.3. The fourth-order valence-corrected chi connectivity index (χ4v) is 2.51. The molecule has 1 fully saturated rings. The first-order chi connectivity index (χ1) is 8.68. The largest absolute Gasteiger partial charge is 0.384 e. The van der Waals surface area contributed by atoms with Gasteiger partial charge < -0.3 is 10.2 Å². The summed E-state index contributed by atoms with van der Waals surface area (Å²) in [7, 11) is 0. The smallest absolute Gasteiger partial charge is 0.224 e. The zero-order chi connectivity index (χ0) is 13.0. The summed E-state index contributed by atoms with van der Waals surface area (Å²) in [6.07, 6.45) is 2.92. The molecule has 0 aliphatic carbocycles. The van der Waals surface area contributed by atoms with E-state index in [1.807, 2.05) is 4.90 Å². The van der Waals surface area contributed by atoms with Gasteiger partial charge in [0, 0.05) is 31.7 Å². The maximum Gasteiger partial charge on any atom is 0.224 e. The van der Waals surface area contributed by atoms with Crippen LogP contribution in [0.2, 0.25) is 0 Å². The van der Waals surface area contributed by atoms with Crippen molar-refractivity contribution in [3.8, 4) is 0 Å². The first-order valence-electron chi connectivity index (χ1n) is 6.76. The molecule has 0 bridgehead atoms. The topological polar surface area (TPSA) is 32.3 Å². The summed E-state index contributed by atoms with van der Waals surface area (Å²) >= 11 is 0. The Balaban J connectivity index is 1.83. The SMILES string of the molecule is Cc1cccc(C)c1NCCC(=O)N1CCCC1. The molecular formula is C15H22N2O. The summed E-state index contributed by atoms with van der Waals surface area (Å²) in [6, 6.07) is 6.25. The Bertz CT molecular complexity index is 402. The average Bonchev–Trinajstić information content (AvgIpc) is 2.86. The van der Waals surface area contributed by atoms with Crippen LogP contribution in [0, 0.1) is 13.8 Å². The predicted molar refractivity (Wildman–Crippen MR) is 74.8 cm³/mol. The maximum atomic E-state index is 11.9. The Morgan fingerprint density at radius 3 is 2.44 bits per heavy atom. The van der Waals surface area contributed by atoms with Crippen molar-refractivity contribution in [2.24, 2.45) is 0 Å². The molecule has 2 rings (SSSR count). The molecule has 1 saturated heterocycles. The third-order valence-corrected chi connectivity index (χ3v) is 3.58. The molecule has 0 spiro atoms. The Morgan fingerprint density at radius 1 is 1.22 bits per heavy atom. The predicted octanol–water partition coefficient (Wildman–Crippen LogP) is 2.73. The molecule has 1 amide bonds. The number of nitrogens with zero attached hydrogens (tertiary/aromatic N) is 1. The van der Waals surface area contributed by atoms with E-state index in [9.17, 15) is 4.79 Å². The van der Waals surface area contributed by atoms with Crippen LogP contribution in [0.25, 0.3) is 0 Å². The fraction of sp³-hybridized carbons (Fsp3) is 0.533. The molecule has 0 aromatic heterocycles. The molecule has 1 N–H and O–H groups in total. The number of anilines is 1. The number of rotatable bonds is 4. The average molecular weight is 246 g/mol.